The van der Waals surface area contributed by atoms with Crippen LogP contribution in [0.15, 0.2) is 60.4 Å². The van der Waals surface area contributed by atoms with Gasteiger partial charge in [0.1, 0.15) is 12.4 Å². The zero-order valence-corrected chi connectivity index (χ0v) is 18.8. The van der Waals surface area contributed by atoms with Crippen molar-refractivity contribution in [2.24, 2.45) is 0 Å². The highest BCUT2D eigenvalue weighted by Gasteiger charge is 2.25. The van der Waals surface area contributed by atoms with Crippen LogP contribution < -0.4 is 15.0 Å². The molecule has 6 nitrogen and oxygen atoms in total. The van der Waals surface area contributed by atoms with E-state index in [9.17, 15) is 9.59 Å². The Kier molecular flexibility index (Phi) is 6.39. The largest absolute Gasteiger partial charge is 0.492 e. The van der Waals surface area contributed by atoms with E-state index in [1.807, 2.05) is 44.4 Å². The predicted octanol–water partition coefficient (Wildman–Crippen LogP) is 4.96. The molecule has 1 N–H and O–H groups in total. The molecule has 0 radical (unpaired) electrons. The molecule has 0 atom stereocenters. The lowest BCUT2D eigenvalue weighted by Crippen LogP contribution is -2.23. The molecule has 1 fully saturated rings. The summed E-state index contributed by atoms with van der Waals surface area (Å²) >= 11 is 2.33. The quantitative estimate of drug-likeness (QED) is 0.418. The molecule has 0 bridgehead atoms. The number of aromatic nitrogens is 1. The maximum absolute atomic E-state index is 11.6. The number of carbonyl (C=O) groups excluding carboxylic acids is 2. The number of aryl methyl sites for hydroxylation is 1. The molecule has 8 heteroatoms. The van der Waals surface area contributed by atoms with Gasteiger partial charge in [0.2, 0.25) is 5.12 Å². The summed E-state index contributed by atoms with van der Waals surface area (Å²) in [4.78, 5) is 30.3. The van der Waals surface area contributed by atoms with Gasteiger partial charge in [-0.05, 0) is 41.8 Å². The van der Waals surface area contributed by atoms with Crippen molar-refractivity contribution in [3.8, 4) is 16.9 Å². The summed E-state index contributed by atoms with van der Waals surface area (Å²) in [6, 6.07) is 15.9. The van der Waals surface area contributed by atoms with Crippen LogP contribution in [-0.2, 0) is 4.79 Å². The van der Waals surface area contributed by atoms with Crippen molar-refractivity contribution in [3.05, 3.63) is 70.9 Å². The molecule has 31 heavy (non-hydrogen) atoms. The third-order valence-corrected chi connectivity index (χ3v) is 6.40. The van der Waals surface area contributed by atoms with E-state index < -0.39 is 0 Å². The minimum Gasteiger partial charge on any atom is -0.492 e. The van der Waals surface area contributed by atoms with Gasteiger partial charge in [0, 0.05) is 29.9 Å². The van der Waals surface area contributed by atoms with Crippen LogP contribution in [0.2, 0.25) is 0 Å². The van der Waals surface area contributed by atoms with Crippen molar-refractivity contribution >= 4 is 44.7 Å². The van der Waals surface area contributed by atoms with E-state index >= 15 is 0 Å². The summed E-state index contributed by atoms with van der Waals surface area (Å²) in [5, 5.41) is 2.90. The number of fused-ring (bicyclic) bond motifs is 1. The number of likely N-dealkylation sites (N-methyl/N-ethyl adjacent to an activating group) is 1. The van der Waals surface area contributed by atoms with Gasteiger partial charge in [-0.2, -0.15) is 0 Å². The van der Waals surface area contributed by atoms with Crippen molar-refractivity contribution in [2.75, 3.05) is 25.1 Å². The van der Waals surface area contributed by atoms with E-state index in [1.54, 1.807) is 17.4 Å². The lowest BCUT2D eigenvalue weighted by molar-refractivity contribution is -0.107. The van der Waals surface area contributed by atoms with Crippen molar-refractivity contribution in [1.82, 2.24) is 10.3 Å². The lowest BCUT2D eigenvalue weighted by atomic mass is 9.95. The van der Waals surface area contributed by atoms with E-state index in [-0.39, 0.29) is 10.4 Å². The number of thioether (sulfide) groups is 1. The Hall–Kier alpha value is -3.10. The minimum absolute atomic E-state index is 0.259. The van der Waals surface area contributed by atoms with Gasteiger partial charge in [0.15, 0.2) is 5.13 Å². The molecule has 2 aliphatic carbocycles. The van der Waals surface area contributed by atoms with Crippen LogP contribution in [0.25, 0.3) is 17.2 Å². The van der Waals surface area contributed by atoms with Crippen LogP contribution in [0.1, 0.15) is 10.4 Å². The maximum atomic E-state index is 11.6. The number of nitrogens with one attached hydrogen (secondary N) is 1. The maximum Gasteiger partial charge on any atom is 0.291 e. The molecule has 1 aliphatic heterocycles. The Bertz CT molecular complexity index is 1100. The first kappa shape index (κ1) is 21.1. The molecular formula is C23H21N3O3S2. The van der Waals surface area contributed by atoms with E-state index in [4.69, 9.17) is 4.74 Å². The summed E-state index contributed by atoms with van der Waals surface area (Å²) in [6.07, 6.45) is 3.52. The smallest absolute Gasteiger partial charge is 0.291 e. The predicted molar refractivity (Wildman–Crippen MR) is 127 cm³/mol. The molecule has 2 aromatic rings. The second-order valence-electron chi connectivity index (χ2n) is 7.03. The monoisotopic (exact) mass is 451 g/mol. The second-order valence-corrected chi connectivity index (χ2v) is 9.19. The third-order valence-electron chi connectivity index (χ3n) is 4.68. The average Bonchev–Trinajstić information content (AvgIpc) is 3.31. The van der Waals surface area contributed by atoms with Gasteiger partial charge < -0.3 is 15.0 Å². The van der Waals surface area contributed by atoms with Crippen LogP contribution in [0.4, 0.5) is 9.93 Å². The van der Waals surface area contributed by atoms with E-state index in [2.05, 4.69) is 39.5 Å². The summed E-state index contributed by atoms with van der Waals surface area (Å²) in [7, 11) is 1.99. The van der Waals surface area contributed by atoms with E-state index in [0.717, 1.165) is 23.0 Å². The van der Waals surface area contributed by atoms with Gasteiger partial charge in [-0.1, -0.05) is 36.4 Å². The second kappa shape index (κ2) is 9.36. The zero-order valence-electron chi connectivity index (χ0n) is 17.1. The molecule has 3 aliphatic rings. The third kappa shape index (κ3) is 5.34. The molecule has 0 unspecified atom stereocenters. The highest BCUT2D eigenvalue weighted by Crippen LogP contribution is 2.29. The Morgan fingerprint density at radius 3 is 2.23 bits per heavy atom. The normalized spacial score (nSPS) is 14.7. The highest BCUT2D eigenvalue weighted by atomic mass is 32.2. The number of anilines is 1. The number of thiazole rings is 1. The van der Waals surface area contributed by atoms with Crippen LogP contribution in [0.5, 0.6) is 5.75 Å². The van der Waals surface area contributed by atoms with Crippen molar-refractivity contribution in [3.63, 3.8) is 0 Å². The molecule has 1 amide bonds. The van der Waals surface area contributed by atoms with Crippen LogP contribution in [0, 0.1) is 6.92 Å². The Morgan fingerprint density at radius 2 is 1.74 bits per heavy atom. The number of amides is 1. The fraction of sp³-hybridized carbons (Fsp3) is 0.174. The number of ether oxygens (including phenoxy) is 1. The van der Waals surface area contributed by atoms with Crippen molar-refractivity contribution in [2.45, 2.75) is 6.92 Å². The number of rotatable bonds is 6. The number of hydrogen-bond donors (Lipinski definition) is 1. The molecule has 5 rings (SSSR count). The van der Waals surface area contributed by atoms with Crippen LogP contribution in [-0.4, -0.2) is 35.5 Å². The molecule has 1 aromatic heterocycles. The number of benzene rings is 2. The zero-order chi connectivity index (χ0) is 21.8. The topological polar surface area (TPSA) is 71.5 Å². The average molecular weight is 452 g/mol. The van der Waals surface area contributed by atoms with E-state index in [1.165, 1.54) is 16.0 Å². The first-order chi connectivity index (χ1) is 15.0. The first-order valence-electron chi connectivity index (χ1n) is 9.70. The van der Waals surface area contributed by atoms with Gasteiger partial charge in [-0.15, -0.1) is 11.3 Å². The van der Waals surface area contributed by atoms with Crippen molar-refractivity contribution < 1.29 is 14.3 Å². The van der Waals surface area contributed by atoms with Crippen LogP contribution in [0.3, 0.4) is 0 Å². The van der Waals surface area contributed by atoms with Gasteiger partial charge >= 0.3 is 0 Å². The fourth-order valence-electron chi connectivity index (χ4n) is 2.83. The summed E-state index contributed by atoms with van der Waals surface area (Å²) in [5.74, 6) is 0.752. The highest BCUT2D eigenvalue weighted by molar-refractivity contribution is 8.27. The molecule has 0 saturated carbocycles. The molecule has 158 valence electrons. The summed E-state index contributed by atoms with van der Waals surface area (Å²) in [6.45, 7) is 3.31. The van der Waals surface area contributed by atoms with Gasteiger partial charge in [0.25, 0.3) is 5.24 Å². The number of nitrogens with zero attached hydrogens (tertiary/aromatic N) is 2. The SMILES string of the molecule is Cc1cnc(N(C)CCOc2ccc(C=C3NC(=O)SC3=O)cc2)s1.c1cc2ccc1-2. The van der Waals surface area contributed by atoms with Crippen LogP contribution >= 0.6 is 23.1 Å². The summed E-state index contributed by atoms with van der Waals surface area (Å²) in [5.41, 5.74) is 3.99. The summed E-state index contributed by atoms with van der Waals surface area (Å²) < 4.78 is 5.74. The lowest BCUT2D eigenvalue weighted by Gasteiger charge is -2.16. The Morgan fingerprint density at radius 1 is 1.06 bits per heavy atom. The molecular weight excluding hydrogens is 430 g/mol. The molecule has 1 aromatic carbocycles. The Labute approximate surface area is 188 Å². The van der Waals surface area contributed by atoms with E-state index in [0.29, 0.717) is 24.1 Å². The minimum atomic E-state index is -0.337. The molecule has 0 spiro atoms. The number of hydrogen-bond acceptors (Lipinski definition) is 7. The first-order valence-corrected chi connectivity index (χ1v) is 11.3. The Balaban J connectivity index is 0.000000325. The molecule has 2 heterocycles. The standard InChI is InChI=1S/C17H17N3O3S2.C6H4/c1-11-10-18-16(24-11)20(2)7-8-23-13-5-3-12(4-6-13)9-14-15(21)25-17(22)19-14;1-2-6-4-3-5(1)6/h3-6,9-10H,7-8H2,1-2H3,(H,19,22);1-4H. The fourth-order valence-corrected chi connectivity index (χ4v) is 4.12. The number of carbonyl (C=O) groups is 2. The van der Waals surface area contributed by atoms with Crippen molar-refractivity contribution in [1.29, 1.82) is 0 Å². The van der Waals surface area contributed by atoms with Gasteiger partial charge in [0.05, 0.1) is 12.2 Å². The van der Waals surface area contributed by atoms with Gasteiger partial charge in [-0.25, -0.2) is 4.98 Å². The van der Waals surface area contributed by atoms with Gasteiger partial charge in [-0.3, -0.25) is 9.59 Å². The molecule has 1 saturated heterocycles.